The minimum absolute atomic E-state index is 0.0718. The number of methoxy groups -OCH3 is 1. The number of rotatable bonds is 9. The molecule has 0 bridgehead atoms. The first-order valence-corrected chi connectivity index (χ1v) is 17.0. The molecule has 2 aliphatic heterocycles. The SMILES string of the molecule is COc1c(COC(c2ccccc2)(c2ccccc2)c2ccccc2)c([C@H]2CCC3(C[C@H]2C(=O)OC(C)(C)C)OCCO3)cc2c1OCO2. The molecular weight excluding hydrogens is 620 g/mol. The molecule has 4 aromatic carbocycles. The second-order valence-corrected chi connectivity index (χ2v) is 13.9. The van der Waals surface area contributed by atoms with Gasteiger partial charge in [0, 0.05) is 18.4 Å². The van der Waals surface area contributed by atoms with Crippen LogP contribution in [0.5, 0.6) is 17.2 Å². The molecule has 2 atom stereocenters. The average molecular weight is 665 g/mol. The van der Waals surface area contributed by atoms with Crippen molar-refractivity contribution in [3.8, 4) is 17.2 Å². The van der Waals surface area contributed by atoms with Crippen LogP contribution < -0.4 is 14.2 Å². The van der Waals surface area contributed by atoms with Crippen molar-refractivity contribution in [2.75, 3.05) is 27.1 Å². The third kappa shape index (κ3) is 6.41. The molecular formula is C41H44O8. The predicted molar refractivity (Wildman–Crippen MR) is 184 cm³/mol. The molecule has 8 heteroatoms. The fourth-order valence-corrected chi connectivity index (χ4v) is 7.63. The highest BCUT2D eigenvalue weighted by molar-refractivity contribution is 5.75. The molecule has 0 unspecified atom stereocenters. The van der Waals surface area contributed by atoms with Crippen molar-refractivity contribution in [3.63, 3.8) is 0 Å². The molecule has 1 saturated carbocycles. The molecule has 4 aromatic rings. The Morgan fingerprint density at radius 1 is 0.837 bits per heavy atom. The van der Waals surface area contributed by atoms with Crippen molar-refractivity contribution in [3.05, 3.63) is 125 Å². The van der Waals surface area contributed by atoms with Crippen molar-refractivity contribution in [1.82, 2.24) is 0 Å². The minimum Gasteiger partial charge on any atom is -0.492 e. The van der Waals surface area contributed by atoms with Gasteiger partial charge < -0.3 is 33.2 Å². The largest absolute Gasteiger partial charge is 0.492 e. The molecule has 2 heterocycles. The van der Waals surface area contributed by atoms with E-state index in [-0.39, 0.29) is 25.3 Å². The van der Waals surface area contributed by atoms with E-state index in [1.807, 2.05) is 81.4 Å². The summed E-state index contributed by atoms with van der Waals surface area (Å²) in [6.45, 7) is 6.89. The number of hydrogen-bond acceptors (Lipinski definition) is 8. The molecule has 1 saturated heterocycles. The average Bonchev–Trinajstić information content (AvgIpc) is 3.78. The summed E-state index contributed by atoms with van der Waals surface area (Å²) in [5, 5.41) is 0. The Kier molecular flexibility index (Phi) is 9.13. The summed E-state index contributed by atoms with van der Waals surface area (Å²) in [7, 11) is 1.63. The normalized spacial score (nSPS) is 19.9. The first kappa shape index (κ1) is 33.1. The second-order valence-electron chi connectivity index (χ2n) is 13.9. The Morgan fingerprint density at radius 2 is 1.41 bits per heavy atom. The molecule has 0 aromatic heterocycles. The van der Waals surface area contributed by atoms with Gasteiger partial charge in [-0.1, -0.05) is 91.0 Å². The smallest absolute Gasteiger partial charge is 0.310 e. The highest BCUT2D eigenvalue weighted by Crippen LogP contribution is 2.54. The molecule has 256 valence electrons. The van der Waals surface area contributed by atoms with E-state index < -0.39 is 22.9 Å². The third-order valence-corrected chi connectivity index (χ3v) is 9.71. The van der Waals surface area contributed by atoms with E-state index in [4.69, 9.17) is 33.2 Å². The highest BCUT2D eigenvalue weighted by atomic mass is 16.7. The van der Waals surface area contributed by atoms with Gasteiger partial charge in [-0.15, -0.1) is 0 Å². The molecule has 1 aliphatic carbocycles. The van der Waals surface area contributed by atoms with Gasteiger partial charge in [-0.25, -0.2) is 0 Å². The summed E-state index contributed by atoms with van der Waals surface area (Å²) in [6.07, 6.45) is 1.64. The van der Waals surface area contributed by atoms with Crippen molar-refractivity contribution < 1.29 is 38.0 Å². The van der Waals surface area contributed by atoms with Gasteiger partial charge in [-0.3, -0.25) is 4.79 Å². The summed E-state index contributed by atoms with van der Waals surface area (Å²) in [4.78, 5) is 14.1. The van der Waals surface area contributed by atoms with Crippen LogP contribution in [0, 0.1) is 5.92 Å². The molecule has 0 N–H and O–H groups in total. The van der Waals surface area contributed by atoms with Crippen LogP contribution >= 0.6 is 0 Å². The van der Waals surface area contributed by atoms with Gasteiger partial charge in [0.25, 0.3) is 0 Å². The van der Waals surface area contributed by atoms with Gasteiger partial charge in [0.05, 0.1) is 32.8 Å². The van der Waals surface area contributed by atoms with Crippen LogP contribution in [0.3, 0.4) is 0 Å². The molecule has 0 amide bonds. The topological polar surface area (TPSA) is 81.7 Å². The molecule has 8 nitrogen and oxygen atoms in total. The lowest BCUT2D eigenvalue weighted by Gasteiger charge is -2.42. The Labute approximate surface area is 288 Å². The quantitative estimate of drug-likeness (QED) is 0.132. The summed E-state index contributed by atoms with van der Waals surface area (Å²) >= 11 is 0. The molecule has 2 fully saturated rings. The highest BCUT2D eigenvalue weighted by Gasteiger charge is 2.50. The summed E-state index contributed by atoms with van der Waals surface area (Å²) in [5.41, 5.74) is 2.99. The van der Waals surface area contributed by atoms with Crippen molar-refractivity contribution in [2.24, 2.45) is 5.92 Å². The number of carbonyl (C=O) groups is 1. The zero-order valence-electron chi connectivity index (χ0n) is 28.6. The Balaban J connectivity index is 1.37. The zero-order chi connectivity index (χ0) is 34.1. The third-order valence-electron chi connectivity index (χ3n) is 9.71. The van der Waals surface area contributed by atoms with Crippen molar-refractivity contribution >= 4 is 5.97 Å². The van der Waals surface area contributed by atoms with Gasteiger partial charge in [-0.2, -0.15) is 0 Å². The van der Waals surface area contributed by atoms with Crippen LogP contribution in [-0.4, -0.2) is 44.5 Å². The Hall–Kier alpha value is -4.37. The van der Waals surface area contributed by atoms with Crippen LogP contribution in [0.25, 0.3) is 0 Å². The summed E-state index contributed by atoms with van der Waals surface area (Å²) in [5.74, 6) is -0.258. The van der Waals surface area contributed by atoms with E-state index in [0.29, 0.717) is 49.7 Å². The molecule has 49 heavy (non-hydrogen) atoms. The van der Waals surface area contributed by atoms with Gasteiger partial charge in [0.1, 0.15) is 11.2 Å². The lowest BCUT2D eigenvalue weighted by Crippen LogP contribution is -2.44. The number of esters is 1. The lowest BCUT2D eigenvalue weighted by atomic mass is 9.71. The van der Waals surface area contributed by atoms with Gasteiger partial charge in [-0.05, 0) is 61.4 Å². The fourth-order valence-electron chi connectivity index (χ4n) is 7.63. The van der Waals surface area contributed by atoms with Crippen LogP contribution in [0.15, 0.2) is 97.1 Å². The minimum atomic E-state index is -0.977. The van der Waals surface area contributed by atoms with E-state index >= 15 is 0 Å². The van der Waals surface area contributed by atoms with Crippen LogP contribution in [-0.2, 0) is 35.9 Å². The molecule has 7 rings (SSSR count). The maximum absolute atomic E-state index is 14.1. The Morgan fingerprint density at radius 3 is 1.94 bits per heavy atom. The first-order chi connectivity index (χ1) is 23.7. The number of hydrogen-bond donors (Lipinski definition) is 0. The molecule has 1 spiro atoms. The van der Waals surface area contributed by atoms with Gasteiger partial charge >= 0.3 is 5.97 Å². The standard InChI is InChI=1S/C41H44O8/c1-39(2,3)49-38(42)33-25-40(46-22-23-47-40)21-20-31(33)32-24-35-37(45-27-44-35)36(43-4)34(32)26-48-41(28-14-8-5-9-15-28,29-16-10-6-11-17-29)30-18-12-7-13-19-30/h5-19,24,31,33H,20-23,25-27H2,1-4H3/t31-,33-/m1/s1. The van der Waals surface area contributed by atoms with E-state index in [9.17, 15) is 4.79 Å². The lowest BCUT2D eigenvalue weighted by molar-refractivity contribution is -0.201. The summed E-state index contributed by atoms with van der Waals surface area (Å²) < 4.78 is 43.7. The maximum atomic E-state index is 14.1. The van der Waals surface area contributed by atoms with Crippen LogP contribution in [0.2, 0.25) is 0 Å². The number of carbonyl (C=O) groups excluding carboxylic acids is 1. The van der Waals surface area contributed by atoms with E-state index in [2.05, 4.69) is 36.4 Å². The fraction of sp³-hybridized carbons (Fsp3) is 0.390. The van der Waals surface area contributed by atoms with Crippen LogP contribution in [0.1, 0.15) is 73.8 Å². The van der Waals surface area contributed by atoms with E-state index in [0.717, 1.165) is 27.8 Å². The zero-order valence-corrected chi connectivity index (χ0v) is 28.6. The van der Waals surface area contributed by atoms with E-state index in [1.165, 1.54) is 0 Å². The van der Waals surface area contributed by atoms with Gasteiger partial charge in [0.15, 0.2) is 17.3 Å². The van der Waals surface area contributed by atoms with E-state index in [1.54, 1.807) is 7.11 Å². The number of benzene rings is 4. The second kappa shape index (κ2) is 13.5. The monoisotopic (exact) mass is 664 g/mol. The van der Waals surface area contributed by atoms with Crippen molar-refractivity contribution in [2.45, 2.75) is 69.5 Å². The Bertz CT molecular complexity index is 1650. The first-order valence-electron chi connectivity index (χ1n) is 17.0. The van der Waals surface area contributed by atoms with Crippen LogP contribution in [0.4, 0.5) is 0 Å². The maximum Gasteiger partial charge on any atom is 0.310 e. The molecule has 3 aliphatic rings. The van der Waals surface area contributed by atoms with Gasteiger partial charge in [0.2, 0.25) is 12.5 Å². The number of fused-ring (bicyclic) bond motifs is 1. The summed E-state index contributed by atoms with van der Waals surface area (Å²) in [6, 6.07) is 32.8. The van der Waals surface area contributed by atoms with Crippen molar-refractivity contribution in [1.29, 1.82) is 0 Å². The predicted octanol–water partition coefficient (Wildman–Crippen LogP) is 7.90. The number of ether oxygens (including phenoxy) is 7. The molecule has 0 radical (unpaired) electrons.